The number of pyridine rings is 1. The maximum Gasteiger partial charge on any atom is 0.257 e. The van der Waals surface area contributed by atoms with E-state index in [1.54, 1.807) is 0 Å². The second kappa shape index (κ2) is 6.46. The molecule has 1 aromatic carbocycles. The molecule has 0 saturated carbocycles. The molecule has 0 unspecified atom stereocenters. The van der Waals surface area contributed by atoms with Gasteiger partial charge < -0.3 is 9.80 Å². The number of hydrogen-bond donors (Lipinski definition) is 0. The summed E-state index contributed by atoms with van der Waals surface area (Å²) in [5, 5.41) is 1.27. The topological polar surface area (TPSA) is 36.4 Å². The molecule has 2 heterocycles. The highest BCUT2D eigenvalue weighted by Crippen LogP contribution is 2.25. The summed E-state index contributed by atoms with van der Waals surface area (Å²) >= 11 is 6.32. The number of amides is 1. The molecular weight excluding hydrogens is 310 g/mol. The van der Waals surface area contributed by atoms with Crippen molar-refractivity contribution in [3.63, 3.8) is 0 Å². The van der Waals surface area contributed by atoms with Crippen LogP contribution in [0.5, 0.6) is 0 Å². The lowest BCUT2D eigenvalue weighted by Gasteiger charge is -2.34. The van der Waals surface area contributed by atoms with Gasteiger partial charge in [-0.2, -0.15) is 0 Å². The van der Waals surface area contributed by atoms with Crippen LogP contribution >= 0.6 is 11.6 Å². The average Bonchev–Trinajstić information content (AvgIpc) is 2.54. The number of likely N-dealkylation sites (N-methyl/N-ethyl adjacent to an activating group) is 1. The Kier molecular flexibility index (Phi) is 4.55. The summed E-state index contributed by atoms with van der Waals surface area (Å²) in [7, 11) is 0. The molecule has 0 radical (unpaired) electrons. The third-order valence-electron chi connectivity index (χ3n) is 4.54. The molecule has 0 bridgehead atoms. The highest BCUT2D eigenvalue weighted by atomic mass is 35.5. The van der Waals surface area contributed by atoms with Crippen LogP contribution in [0, 0.1) is 13.8 Å². The van der Waals surface area contributed by atoms with Crippen LogP contribution in [0.25, 0.3) is 10.9 Å². The number of carbonyl (C=O) groups excluding carboxylic acids is 1. The number of aromatic nitrogens is 1. The van der Waals surface area contributed by atoms with Crippen molar-refractivity contribution < 1.29 is 4.79 Å². The lowest BCUT2D eigenvalue weighted by Crippen LogP contribution is -2.48. The minimum absolute atomic E-state index is 0.0145. The third kappa shape index (κ3) is 3.19. The van der Waals surface area contributed by atoms with Gasteiger partial charge in [-0.05, 0) is 38.1 Å². The molecule has 0 N–H and O–H groups in total. The molecule has 0 spiro atoms. The number of carbonyl (C=O) groups is 1. The molecule has 1 aromatic heterocycles. The number of nitrogens with zero attached hydrogens (tertiary/aromatic N) is 3. The van der Waals surface area contributed by atoms with Gasteiger partial charge in [0.1, 0.15) is 5.15 Å². The fourth-order valence-corrected chi connectivity index (χ4v) is 3.44. The maximum atomic E-state index is 12.8. The van der Waals surface area contributed by atoms with Crippen LogP contribution in [0.3, 0.4) is 0 Å². The first-order valence-electron chi connectivity index (χ1n) is 8.08. The van der Waals surface area contributed by atoms with E-state index in [2.05, 4.69) is 28.9 Å². The lowest BCUT2D eigenvalue weighted by molar-refractivity contribution is 0.0643. The fourth-order valence-electron chi connectivity index (χ4n) is 3.22. The van der Waals surface area contributed by atoms with E-state index in [0.29, 0.717) is 10.7 Å². The molecule has 1 aliphatic rings. The number of hydrogen-bond acceptors (Lipinski definition) is 3. The van der Waals surface area contributed by atoms with Gasteiger partial charge >= 0.3 is 0 Å². The Labute approximate surface area is 142 Å². The standard InChI is InChI=1S/C18H22ClN3O/c1-4-21-5-7-22(8-6-21)18(23)15-11-14-10-12(2)9-13(3)16(14)20-17(15)19/h9-11H,4-8H2,1-3H3. The molecule has 4 nitrogen and oxygen atoms in total. The van der Waals surface area contributed by atoms with E-state index in [1.807, 2.05) is 24.8 Å². The van der Waals surface area contributed by atoms with Gasteiger partial charge in [-0.1, -0.05) is 30.2 Å². The Morgan fingerprint density at radius 1 is 1.17 bits per heavy atom. The minimum Gasteiger partial charge on any atom is -0.336 e. The van der Waals surface area contributed by atoms with Crippen LogP contribution in [0.15, 0.2) is 18.2 Å². The van der Waals surface area contributed by atoms with Crippen LogP contribution in [0.1, 0.15) is 28.4 Å². The highest BCUT2D eigenvalue weighted by Gasteiger charge is 2.24. The molecule has 2 aromatic rings. The number of fused-ring (bicyclic) bond motifs is 1. The van der Waals surface area contributed by atoms with E-state index in [-0.39, 0.29) is 5.91 Å². The van der Waals surface area contributed by atoms with Crippen LogP contribution < -0.4 is 0 Å². The summed E-state index contributed by atoms with van der Waals surface area (Å²) < 4.78 is 0. The Morgan fingerprint density at radius 2 is 1.87 bits per heavy atom. The van der Waals surface area contributed by atoms with Gasteiger partial charge in [-0.25, -0.2) is 4.98 Å². The highest BCUT2D eigenvalue weighted by molar-refractivity contribution is 6.33. The largest absolute Gasteiger partial charge is 0.336 e. The first kappa shape index (κ1) is 16.2. The van der Waals surface area contributed by atoms with E-state index in [4.69, 9.17) is 11.6 Å². The normalized spacial score (nSPS) is 16.1. The summed E-state index contributed by atoms with van der Waals surface area (Å²) in [6.07, 6.45) is 0. The van der Waals surface area contributed by atoms with Crippen LogP contribution in [0.4, 0.5) is 0 Å². The number of rotatable bonds is 2. The molecule has 23 heavy (non-hydrogen) atoms. The molecule has 122 valence electrons. The van der Waals surface area contributed by atoms with E-state index >= 15 is 0 Å². The lowest BCUT2D eigenvalue weighted by atomic mass is 10.0. The van der Waals surface area contributed by atoms with Crippen molar-refractivity contribution in [2.45, 2.75) is 20.8 Å². The van der Waals surface area contributed by atoms with Gasteiger partial charge in [0.25, 0.3) is 5.91 Å². The first-order valence-corrected chi connectivity index (χ1v) is 8.46. The van der Waals surface area contributed by atoms with Gasteiger partial charge in [-0.3, -0.25) is 4.79 Å². The van der Waals surface area contributed by atoms with Gasteiger partial charge in [0, 0.05) is 31.6 Å². The van der Waals surface area contributed by atoms with E-state index < -0.39 is 0 Å². The quantitative estimate of drug-likeness (QED) is 0.792. The second-order valence-corrected chi connectivity index (χ2v) is 6.56. The molecule has 1 fully saturated rings. The van der Waals surface area contributed by atoms with Gasteiger partial charge in [0.05, 0.1) is 11.1 Å². The molecule has 3 rings (SSSR count). The second-order valence-electron chi connectivity index (χ2n) is 6.21. The van der Waals surface area contributed by atoms with Crippen molar-refractivity contribution in [3.8, 4) is 0 Å². The molecule has 0 atom stereocenters. The number of benzene rings is 1. The Bertz CT molecular complexity index is 752. The zero-order valence-corrected chi connectivity index (χ0v) is 14.7. The maximum absolute atomic E-state index is 12.8. The Balaban J connectivity index is 1.93. The zero-order valence-electron chi connectivity index (χ0n) is 13.9. The van der Waals surface area contributed by atoms with Crippen LogP contribution in [-0.2, 0) is 0 Å². The number of aryl methyl sites for hydroxylation is 2. The summed E-state index contributed by atoms with van der Waals surface area (Å²) in [6.45, 7) is 10.6. The summed E-state index contributed by atoms with van der Waals surface area (Å²) in [5.74, 6) is -0.0145. The van der Waals surface area contributed by atoms with Gasteiger partial charge in [0.2, 0.25) is 0 Å². The van der Waals surface area contributed by atoms with E-state index in [9.17, 15) is 4.79 Å². The summed E-state index contributed by atoms with van der Waals surface area (Å²) in [5.41, 5.74) is 3.62. The summed E-state index contributed by atoms with van der Waals surface area (Å²) in [4.78, 5) is 21.5. The number of halogens is 1. The SMILES string of the molecule is CCN1CCN(C(=O)c2cc3cc(C)cc(C)c3nc2Cl)CC1. The van der Waals surface area contributed by atoms with E-state index in [1.165, 1.54) is 0 Å². The van der Waals surface area contributed by atoms with Crippen LogP contribution in [0.2, 0.25) is 5.15 Å². The van der Waals surface area contributed by atoms with Crippen molar-refractivity contribution in [1.29, 1.82) is 0 Å². The van der Waals surface area contributed by atoms with Crippen LogP contribution in [-0.4, -0.2) is 53.4 Å². The van der Waals surface area contributed by atoms with E-state index in [0.717, 1.165) is 54.8 Å². The first-order chi connectivity index (χ1) is 11.0. The zero-order chi connectivity index (χ0) is 16.6. The monoisotopic (exact) mass is 331 g/mol. The smallest absolute Gasteiger partial charge is 0.257 e. The average molecular weight is 332 g/mol. The van der Waals surface area contributed by atoms with Crippen molar-refractivity contribution in [2.24, 2.45) is 0 Å². The fraction of sp³-hybridized carbons (Fsp3) is 0.444. The predicted molar refractivity (Wildman–Crippen MR) is 94.2 cm³/mol. The predicted octanol–water partition coefficient (Wildman–Crippen LogP) is 3.28. The molecule has 5 heteroatoms. The molecule has 1 amide bonds. The Hall–Kier alpha value is -1.65. The molecular formula is C18H22ClN3O. The van der Waals surface area contributed by atoms with Gasteiger partial charge in [-0.15, -0.1) is 0 Å². The number of piperazine rings is 1. The van der Waals surface area contributed by atoms with Crippen molar-refractivity contribution in [1.82, 2.24) is 14.8 Å². The minimum atomic E-state index is -0.0145. The summed E-state index contributed by atoms with van der Waals surface area (Å²) in [6, 6.07) is 6.02. The third-order valence-corrected chi connectivity index (χ3v) is 4.83. The van der Waals surface area contributed by atoms with Crippen molar-refractivity contribution in [2.75, 3.05) is 32.7 Å². The molecule has 0 aliphatic carbocycles. The van der Waals surface area contributed by atoms with Crippen molar-refractivity contribution >= 4 is 28.4 Å². The molecule has 1 aliphatic heterocycles. The van der Waals surface area contributed by atoms with Crippen molar-refractivity contribution in [3.05, 3.63) is 40.0 Å². The van der Waals surface area contributed by atoms with Gasteiger partial charge in [0.15, 0.2) is 0 Å². The Morgan fingerprint density at radius 3 is 2.52 bits per heavy atom. The molecule has 1 saturated heterocycles.